The fourth-order valence-corrected chi connectivity index (χ4v) is 6.08. The predicted molar refractivity (Wildman–Crippen MR) is 65.6 cm³/mol. The van der Waals surface area contributed by atoms with E-state index in [-0.39, 0.29) is 11.8 Å². The van der Waals surface area contributed by atoms with Gasteiger partial charge >= 0.3 is 0 Å². The topological polar surface area (TPSA) is 43.1 Å². The number of hydrogen-bond donors (Lipinski definition) is 1. The third-order valence-electron chi connectivity index (χ3n) is 1.91. The second-order valence-electron chi connectivity index (χ2n) is 2.67. The lowest BCUT2D eigenvalue weighted by Gasteiger charge is -1.99. The summed E-state index contributed by atoms with van der Waals surface area (Å²) in [5.74, 6) is 0.209. The molecule has 2 rings (SSSR count). The van der Waals surface area contributed by atoms with Crippen LogP contribution in [-0.4, -0.2) is 5.78 Å². The number of hydrogen-bond acceptors (Lipinski definition) is 3. The molecule has 64 valence electrons. The largest absolute Gasteiger partial charge is 0.323 e. The number of carbonyl (C=O) groups excluding carboxylic acids is 1. The van der Waals surface area contributed by atoms with Crippen molar-refractivity contribution in [2.24, 2.45) is 5.73 Å². The molecule has 0 aromatic carbocycles. The van der Waals surface area contributed by atoms with Crippen molar-refractivity contribution >= 4 is 62.3 Å². The van der Waals surface area contributed by atoms with Gasteiger partial charge in [0.25, 0.3) is 0 Å². The van der Waals surface area contributed by atoms with Crippen molar-refractivity contribution in [1.29, 1.82) is 0 Å². The van der Waals surface area contributed by atoms with Crippen LogP contribution in [0.4, 0.5) is 0 Å². The fraction of sp³-hybridized carbons (Fsp3) is 0.286. The number of ketones is 1. The molecule has 2 nitrogen and oxygen atoms in total. The van der Waals surface area contributed by atoms with Crippen LogP contribution in [0.1, 0.15) is 28.4 Å². The molecule has 1 atom stereocenters. The highest BCUT2D eigenvalue weighted by Crippen LogP contribution is 2.40. The number of fused-ring (bicyclic) bond motifs is 1. The van der Waals surface area contributed by atoms with Crippen molar-refractivity contribution in [3.05, 3.63) is 16.9 Å². The van der Waals surface area contributed by atoms with Gasteiger partial charge in [-0.1, -0.05) is 0 Å². The molecule has 1 heterocycles. The van der Waals surface area contributed by atoms with E-state index >= 15 is 0 Å². The van der Waals surface area contributed by atoms with Crippen LogP contribution in [0.2, 0.25) is 0 Å². The minimum absolute atomic E-state index is 0.0563. The molecule has 0 radical (unpaired) electrons. The highest BCUT2D eigenvalue weighted by Gasteiger charge is 2.32. The molecule has 1 aromatic rings. The van der Waals surface area contributed by atoms with E-state index in [0.717, 1.165) is 14.0 Å². The molecule has 0 bridgehead atoms. The van der Waals surface area contributed by atoms with E-state index in [1.165, 1.54) is 2.88 Å². The SMILES string of the molecule is NC1CC(=O)c2c(I)sc(I)c21. The maximum Gasteiger partial charge on any atom is 0.167 e. The number of carbonyl (C=O) groups is 1. The van der Waals surface area contributed by atoms with Crippen molar-refractivity contribution in [1.82, 2.24) is 0 Å². The summed E-state index contributed by atoms with van der Waals surface area (Å²) >= 11 is 6.11. The van der Waals surface area contributed by atoms with Crippen molar-refractivity contribution in [3.8, 4) is 0 Å². The molecule has 1 aromatic heterocycles. The molecular formula is C7H5I2NOS. The van der Waals surface area contributed by atoms with Gasteiger partial charge in [-0.25, -0.2) is 0 Å². The first kappa shape index (κ1) is 9.35. The maximum atomic E-state index is 11.4. The summed E-state index contributed by atoms with van der Waals surface area (Å²) < 4.78 is 2.26. The monoisotopic (exact) mass is 405 g/mol. The average Bonchev–Trinajstić information content (AvgIpc) is 2.38. The van der Waals surface area contributed by atoms with Gasteiger partial charge in [-0.05, 0) is 45.2 Å². The van der Waals surface area contributed by atoms with Crippen molar-refractivity contribution < 1.29 is 4.79 Å². The molecular weight excluding hydrogens is 400 g/mol. The van der Waals surface area contributed by atoms with Gasteiger partial charge in [0.15, 0.2) is 5.78 Å². The molecule has 5 heteroatoms. The Morgan fingerprint density at radius 2 is 2.08 bits per heavy atom. The average molecular weight is 405 g/mol. The third kappa shape index (κ3) is 1.25. The fourth-order valence-electron chi connectivity index (χ4n) is 1.38. The van der Waals surface area contributed by atoms with Crippen LogP contribution in [0.5, 0.6) is 0 Å². The molecule has 0 amide bonds. The van der Waals surface area contributed by atoms with E-state index in [4.69, 9.17) is 5.73 Å². The lowest BCUT2D eigenvalue weighted by atomic mass is 10.2. The molecule has 0 fully saturated rings. The number of rotatable bonds is 0. The highest BCUT2D eigenvalue weighted by molar-refractivity contribution is 14.1. The molecule has 1 aliphatic carbocycles. The van der Waals surface area contributed by atoms with Gasteiger partial charge in [-0.15, -0.1) is 11.3 Å². The van der Waals surface area contributed by atoms with E-state index < -0.39 is 0 Å². The standard InChI is InChI=1S/C7H5I2NOS/c8-6-4-2(10)1-3(11)5(4)7(9)12-6/h2H,1,10H2. The van der Waals surface area contributed by atoms with Crippen molar-refractivity contribution in [2.75, 3.05) is 0 Å². The molecule has 0 saturated carbocycles. The summed E-state index contributed by atoms with van der Waals surface area (Å²) in [6, 6.07) is -0.0563. The molecule has 2 N–H and O–H groups in total. The van der Waals surface area contributed by atoms with Crippen LogP contribution in [0.15, 0.2) is 0 Å². The molecule has 0 aliphatic heterocycles. The van der Waals surface area contributed by atoms with Crippen LogP contribution in [0.25, 0.3) is 0 Å². The second kappa shape index (κ2) is 3.18. The number of nitrogens with two attached hydrogens (primary N) is 1. The summed E-state index contributed by atoms with van der Waals surface area (Å²) in [5.41, 5.74) is 7.79. The van der Waals surface area contributed by atoms with Crippen LogP contribution in [-0.2, 0) is 0 Å². The second-order valence-corrected chi connectivity index (χ2v) is 7.31. The van der Waals surface area contributed by atoms with E-state index in [1.807, 2.05) is 0 Å². The van der Waals surface area contributed by atoms with Gasteiger partial charge in [0.1, 0.15) is 0 Å². The molecule has 0 saturated heterocycles. The first-order chi connectivity index (χ1) is 5.61. The number of Topliss-reactive ketones (excluding diaryl/α,β-unsaturated/α-hetero) is 1. The Labute approximate surface area is 101 Å². The Bertz CT molecular complexity index is 361. The van der Waals surface area contributed by atoms with E-state index in [9.17, 15) is 4.79 Å². The van der Waals surface area contributed by atoms with Gasteiger partial charge in [-0.2, -0.15) is 0 Å². The Morgan fingerprint density at radius 1 is 1.42 bits per heavy atom. The number of thiophene rings is 1. The minimum Gasteiger partial charge on any atom is -0.323 e. The molecule has 1 aliphatic rings. The normalized spacial score (nSPS) is 21.6. The van der Waals surface area contributed by atoms with Crippen molar-refractivity contribution in [2.45, 2.75) is 12.5 Å². The van der Waals surface area contributed by atoms with Gasteiger partial charge < -0.3 is 5.73 Å². The van der Waals surface area contributed by atoms with Crippen LogP contribution in [0, 0.1) is 5.77 Å². The Morgan fingerprint density at radius 3 is 2.67 bits per heavy atom. The van der Waals surface area contributed by atoms with Gasteiger partial charge in [0.2, 0.25) is 0 Å². The van der Waals surface area contributed by atoms with Crippen molar-refractivity contribution in [3.63, 3.8) is 0 Å². The molecule has 1 unspecified atom stereocenters. The Balaban J connectivity index is 2.69. The summed E-state index contributed by atoms with van der Waals surface area (Å²) in [7, 11) is 0. The number of halogens is 2. The Hall–Kier alpha value is 0.790. The van der Waals surface area contributed by atoms with Gasteiger partial charge in [0, 0.05) is 23.6 Å². The van der Waals surface area contributed by atoms with E-state index in [2.05, 4.69) is 45.2 Å². The van der Waals surface area contributed by atoms with Crippen LogP contribution in [0.3, 0.4) is 0 Å². The van der Waals surface area contributed by atoms with Gasteiger partial charge in [-0.3, -0.25) is 4.79 Å². The zero-order chi connectivity index (χ0) is 8.88. The zero-order valence-electron chi connectivity index (χ0n) is 5.93. The summed E-state index contributed by atoms with van der Waals surface area (Å²) in [6.45, 7) is 0. The smallest absolute Gasteiger partial charge is 0.167 e. The molecule has 12 heavy (non-hydrogen) atoms. The maximum absolute atomic E-state index is 11.4. The summed E-state index contributed by atoms with van der Waals surface area (Å²) in [5, 5.41) is 0. The van der Waals surface area contributed by atoms with Gasteiger partial charge in [0.05, 0.1) is 5.77 Å². The summed E-state index contributed by atoms with van der Waals surface area (Å²) in [6.07, 6.45) is 0.490. The highest BCUT2D eigenvalue weighted by atomic mass is 127. The zero-order valence-corrected chi connectivity index (χ0v) is 11.1. The lowest BCUT2D eigenvalue weighted by molar-refractivity contribution is 0.0989. The predicted octanol–water partition coefficient (Wildman–Crippen LogP) is 2.54. The summed E-state index contributed by atoms with van der Waals surface area (Å²) in [4.78, 5) is 11.4. The van der Waals surface area contributed by atoms with Crippen LogP contribution < -0.4 is 5.73 Å². The first-order valence-electron chi connectivity index (χ1n) is 3.37. The quantitative estimate of drug-likeness (QED) is 0.675. The third-order valence-corrected chi connectivity index (χ3v) is 5.14. The Kier molecular flexibility index (Phi) is 2.47. The molecule has 0 spiro atoms. The van der Waals surface area contributed by atoms with E-state index in [0.29, 0.717) is 6.42 Å². The minimum atomic E-state index is -0.0563. The lowest BCUT2D eigenvalue weighted by Crippen LogP contribution is -2.06. The first-order valence-corrected chi connectivity index (χ1v) is 6.35. The van der Waals surface area contributed by atoms with Crippen LogP contribution >= 0.6 is 56.5 Å². The van der Waals surface area contributed by atoms with E-state index in [1.54, 1.807) is 11.3 Å².